The van der Waals surface area contributed by atoms with Crippen LogP contribution in [0.25, 0.3) is 10.9 Å². The average molecular weight is 280 g/mol. The number of rotatable bonds is 0. The third kappa shape index (κ3) is 1.58. The van der Waals surface area contributed by atoms with Crippen LogP contribution in [-0.4, -0.2) is 23.4 Å². The standard InChI is InChI=1S/C14H14F2N2S/c15-10-7-9-8-1-3-17-4-2-11(8)18-5-6-19-14(12(10)16)13(9)18/h7,17H,1-6H2. The molecule has 1 aromatic heterocycles. The van der Waals surface area contributed by atoms with Crippen molar-refractivity contribution in [2.24, 2.45) is 0 Å². The van der Waals surface area contributed by atoms with E-state index < -0.39 is 11.6 Å². The van der Waals surface area contributed by atoms with Crippen molar-refractivity contribution in [3.05, 3.63) is 29.0 Å². The van der Waals surface area contributed by atoms with Crippen LogP contribution in [0.4, 0.5) is 8.78 Å². The van der Waals surface area contributed by atoms with E-state index in [0.717, 1.165) is 49.1 Å². The number of hydrogen-bond acceptors (Lipinski definition) is 2. The van der Waals surface area contributed by atoms with Crippen molar-refractivity contribution in [2.75, 3.05) is 18.8 Å². The van der Waals surface area contributed by atoms with Crippen LogP contribution in [0, 0.1) is 11.6 Å². The van der Waals surface area contributed by atoms with Crippen LogP contribution in [0.5, 0.6) is 0 Å². The summed E-state index contributed by atoms with van der Waals surface area (Å²) in [4.78, 5) is 0.502. The van der Waals surface area contributed by atoms with E-state index in [2.05, 4.69) is 9.88 Å². The molecule has 100 valence electrons. The number of nitrogens with zero attached hydrogens (tertiary/aromatic N) is 1. The zero-order chi connectivity index (χ0) is 13.0. The van der Waals surface area contributed by atoms with Crippen molar-refractivity contribution in [1.29, 1.82) is 0 Å². The molecule has 3 heterocycles. The van der Waals surface area contributed by atoms with E-state index >= 15 is 0 Å². The Morgan fingerprint density at radius 3 is 2.95 bits per heavy atom. The summed E-state index contributed by atoms with van der Waals surface area (Å²) in [6, 6.07) is 1.39. The van der Waals surface area contributed by atoms with Crippen molar-refractivity contribution < 1.29 is 8.78 Å². The van der Waals surface area contributed by atoms with Gasteiger partial charge in [0.2, 0.25) is 0 Å². The molecule has 5 heteroatoms. The minimum Gasteiger partial charge on any atom is -0.342 e. The van der Waals surface area contributed by atoms with Crippen molar-refractivity contribution in [2.45, 2.75) is 24.3 Å². The van der Waals surface area contributed by atoms with Gasteiger partial charge in [0.1, 0.15) is 0 Å². The van der Waals surface area contributed by atoms with Gasteiger partial charge in [0.15, 0.2) is 11.6 Å². The number of halogens is 2. The number of nitrogens with one attached hydrogen (secondary N) is 1. The van der Waals surface area contributed by atoms with Crippen LogP contribution in [0.15, 0.2) is 11.0 Å². The second-order valence-corrected chi connectivity index (χ2v) is 6.18. The van der Waals surface area contributed by atoms with Crippen molar-refractivity contribution in [1.82, 2.24) is 9.88 Å². The predicted molar refractivity (Wildman–Crippen MR) is 72.9 cm³/mol. The number of thioether (sulfide) groups is 1. The summed E-state index contributed by atoms with van der Waals surface area (Å²) in [5.41, 5.74) is 3.40. The molecule has 2 aromatic rings. The SMILES string of the molecule is Fc1cc2c3c(n4c2c(c1F)SCC4)CCNCC3. The Labute approximate surface area is 114 Å². The fourth-order valence-corrected chi connectivity index (χ4v) is 4.33. The molecular formula is C14H14F2N2S. The van der Waals surface area contributed by atoms with E-state index in [1.807, 2.05) is 0 Å². The van der Waals surface area contributed by atoms with Crippen molar-refractivity contribution in [3.8, 4) is 0 Å². The first-order valence-corrected chi connectivity index (χ1v) is 7.61. The van der Waals surface area contributed by atoms with Gasteiger partial charge in [0.25, 0.3) is 0 Å². The second kappa shape index (κ2) is 4.21. The van der Waals surface area contributed by atoms with Gasteiger partial charge in [-0.2, -0.15) is 0 Å². The summed E-state index contributed by atoms with van der Waals surface area (Å²) < 4.78 is 30.0. The lowest BCUT2D eigenvalue weighted by atomic mass is 10.1. The fourth-order valence-electron chi connectivity index (χ4n) is 3.27. The molecular weight excluding hydrogens is 266 g/mol. The van der Waals surface area contributed by atoms with Crippen LogP contribution in [0.3, 0.4) is 0 Å². The van der Waals surface area contributed by atoms with Crippen molar-refractivity contribution in [3.63, 3.8) is 0 Å². The van der Waals surface area contributed by atoms with E-state index in [4.69, 9.17) is 0 Å². The topological polar surface area (TPSA) is 17.0 Å². The maximum Gasteiger partial charge on any atom is 0.174 e. The zero-order valence-electron chi connectivity index (χ0n) is 10.4. The summed E-state index contributed by atoms with van der Waals surface area (Å²) in [5.74, 6) is -0.574. The first-order valence-electron chi connectivity index (χ1n) is 6.63. The molecule has 1 N–H and O–H groups in total. The Balaban J connectivity index is 2.12. The van der Waals surface area contributed by atoms with Gasteiger partial charge in [0, 0.05) is 36.3 Å². The van der Waals surface area contributed by atoms with E-state index in [0.29, 0.717) is 4.90 Å². The molecule has 2 aliphatic heterocycles. The third-order valence-electron chi connectivity index (χ3n) is 4.07. The molecule has 0 spiro atoms. The van der Waals surface area contributed by atoms with Crippen LogP contribution in [0.2, 0.25) is 0 Å². The maximum absolute atomic E-state index is 14.0. The Morgan fingerprint density at radius 1 is 1.21 bits per heavy atom. The molecule has 4 rings (SSSR count). The lowest BCUT2D eigenvalue weighted by Gasteiger charge is -2.18. The van der Waals surface area contributed by atoms with Gasteiger partial charge in [-0.05, 0) is 24.6 Å². The summed E-state index contributed by atoms with van der Waals surface area (Å²) in [6.07, 6.45) is 1.84. The summed E-state index contributed by atoms with van der Waals surface area (Å²) in [5, 5.41) is 4.29. The highest BCUT2D eigenvalue weighted by atomic mass is 32.2. The van der Waals surface area contributed by atoms with Gasteiger partial charge in [-0.25, -0.2) is 8.78 Å². The third-order valence-corrected chi connectivity index (χ3v) is 5.12. The Morgan fingerprint density at radius 2 is 2.05 bits per heavy atom. The van der Waals surface area contributed by atoms with Crippen LogP contribution < -0.4 is 5.32 Å². The minimum absolute atomic E-state index is 0.502. The molecule has 2 nitrogen and oxygen atoms in total. The van der Waals surface area contributed by atoms with Gasteiger partial charge in [0.05, 0.1) is 10.4 Å². The number of aromatic nitrogens is 1. The molecule has 0 saturated heterocycles. The highest BCUT2D eigenvalue weighted by Gasteiger charge is 2.27. The molecule has 0 amide bonds. The highest BCUT2D eigenvalue weighted by Crippen LogP contribution is 2.40. The first kappa shape index (κ1) is 11.7. The van der Waals surface area contributed by atoms with Crippen LogP contribution in [0.1, 0.15) is 11.3 Å². The quantitative estimate of drug-likeness (QED) is 0.799. The summed E-state index contributed by atoms with van der Waals surface area (Å²) in [6.45, 7) is 2.75. The fraction of sp³-hybridized carbons (Fsp3) is 0.429. The van der Waals surface area contributed by atoms with Gasteiger partial charge in [-0.1, -0.05) is 0 Å². The molecule has 0 radical (unpaired) electrons. The number of benzene rings is 1. The largest absolute Gasteiger partial charge is 0.342 e. The molecule has 2 aliphatic rings. The Bertz CT molecular complexity index is 678. The minimum atomic E-state index is -0.714. The molecule has 0 fully saturated rings. The zero-order valence-corrected chi connectivity index (χ0v) is 11.2. The molecule has 0 bridgehead atoms. The van der Waals surface area contributed by atoms with Crippen LogP contribution in [-0.2, 0) is 19.4 Å². The second-order valence-electron chi connectivity index (χ2n) is 5.07. The molecule has 0 unspecified atom stereocenters. The van der Waals surface area contributed by atoms with Crippen molar-refractivity contribution >= 4 is 22.7 Å². The van der Waals surface area contributed by atoms with E-state index in [-0.39, 0.29) is 0 Å². The Hall–Kier alpha value is -1.07. The number of aryl methyl sites for hydroxylation is 1. The van der Waals surface area contributed by atoms with E-state index in [1.165, 1.54) is 29.1 Å². The number of hydrogen-bond donors (Lipinski definition) is 1. The van der Waals surface area contributed by atoms with Gasteiger partial charge in [-0.15, -0.1) is 11.8 Å². The monoisotopic (exact) mass is 280 g/mol. The normalized spacial score (nSPS) is 18.4. The summed E-state index contributed by atoms with van der Waals surface area (Å²) in [7, 11) is 0. The lowest BCUT2D eigenvalue weighted by molar-refractivity contribution is 0.492. The maximum atomic E-state index is 14.0. The van der Waals surface area contributed by atoms with Gasteiger partial charge < -0.3 is 9.88 Å². The smallest absolute Gasteiger partial charge is 0.174 e. The van der Waals surface area contributed by atoms with Crippen LogP contribution >= 0.6 is 11.8 Å². The number of fused-ring (bicyclic) bond motifs is 3. The lowest BCUT2D eigenvalue weighted by Crippen LogP contribution is -2.18. The highest BCUT2D eigenvalue weighted by molar-refractivity contribution is 7.99. The molecule has 1 aromatic carbocycles. The Kier molecular flexibility index (Phi) is 2.60. The molecule has 19 heavy (non-hydrogen) atoms. The average Bonchev–Trinajstić information content (AvgIpc) is 2.61. The van der Waals surface area contributed by atoms with E-state index in [9.17, 15) is 8.78 Å². The molecule has 0 atom stereocenters. The predicted octanol–water partition coefficient (Wildman–Crippen LogP) is 2.71. The summed E-state index contributed by atoms with van der Waals surface area (Å²) >= 11 is 1.44. The van der Waals surface area contributed by atoms with Gasteiger partial charge >= 0.3 is 0 Å². The molecule has 0 aliphatic carbocycles. The first-order chi connectivity index (χ1) is 9.27. The van der Waals surface area contributed by atoms with Gasteiger partial charge in [-0.3, -0.25) is 0 Å². The molecule has 0 saturated carbocycles. The van der Waals surface area contributed by atoms with E-state index in [1.54, 1.807) is 0 Å².